The molecule has 2 rings (SSSR count). The predicted molar refractivity (Wildman–Crippen MR) is 100 cm³/mol. The fourth-order valence-electron chi connectivity index (χ4n) is 1.92. The molecule has 0 radical (unpaired) electrons. The largest absolute Gasteiger partial charge is 0.573 e. The number of hydrogen-bond donors (Lipinski definition) is 2. The van der Waals surface area contributed by atoms with Gasteiger partial charge in [0.1, 0.15) is 5.75 Å². The molecule has 2 aromatic rings. The molecule has 0 atom stereocenters. The van der Waals surface area contributed by atoms with Crippen LogP contribution in [0.5, 0.6) is 5.75 Å². The number of thioether (sulfide) groups is 1. The number of rotatable bonds is 8. The Balaban J connectivity index is 1.79. The lowest BCUT2D eigenvalue weighted by Crippen LogP contribution is -2.17. The molecule has 12 heteroatoms. The van der Waals surface area contributed by atoms with E-state index >= 15 is 0 Å². The van der Waals surface area contributed by atoms with Crippen molar-refractivity contribution in [2.75, 3.05) is 16.4 Å². The highest BCUT2D eigenvalue weighted by molar-refractivity contribution is 8.01. The lowest BCUT2D eigenvalue weighted by molar-refractivity contribution is -0.274. The van der Waals surface area contributed by atoms with E-state index in [2.05, 4.69) is 25.6 Å². The summed E-state index contributed by atoms with van der Waals surface area (Å²) in [7, 11) is 0. The molecule has 0 unspecified atom stereocenters. The van der Waals surface area contributed by atoms with Crippen LogP contribution in [0.1, 0.15) is 20.3 Å². The molecular weight excluding hydrogens is 417 g/mol. The standard InChI is InChI=1S/C16H17F3N4O3S2/c1-9(2)7-12(24)21-14-22-23-15(28-14)27-8-13(25)20-10-3-5-11(6-4-10)26-16(17,18)19/h3-6,9H,7-8H2,1-2H3,(H,20,25)(H,21,22,24). The van der Waals surface area contributed by atoms with Gasteiger partial charge in [0, 0.05) is 12.1 Å². The van der Waals surface area contributed by atoms with Crippen LogP contribution in [0.2, 0.25) is 0 Å². The smallest absolute Gasteiger partial charge is 0.406 e. The van der Waals surface area contributed by atoms with Crippen LogP contribution in [0.15, 0.2) is 28.6 Å². The SMILES string of the molecule is CC(C)CC(=O)Nc1nnc(SCC(=O)Nc2ccc(OC(F)(F)F)cc2)s1. The summed E-state index contributed by atoms with van der Waals surface area (Å²) < 4.78 is 40.6. The number of amides is 2. The van der Waals surface area contributed by atoms with Crippen LogP contribution in [-0.2, 0) is 9.59 Å². The van der Waals surface area contributed by atoms with Crippen molar-refractivity contribution in [1.82, 2.24) is 10.2 Å². The molecule has 0 aliphatic carbocycles. The summed E-state index contributed by atoms with van der Waals surface area (Å²) in [5.41, 5.74) is 0.332. The molecule has 2 N–H and O–H groups in total. The van der Waals surface area contributed by atoms with Crippen LogP contribution < -0.4 is 15.4 Å². The van der Waals surface area contributed by atoms with E-state index in [1.54, 1.807) is 0 Å². The fourth-order valence-corrected chi connectivity index (χ4v) is 3.49. The van der Waals surface area contributed by atoms with Crippen molar-refractivity contribution in [2.24, 2.45) is 5.92 Å². The number of anilines is 2. The zero-order valence-electron chi connectivity index (χ0n) is 14.9. The first-order valence-electron chi connectivity index (χ1n) is 8.02. The maximum absolute atomic E-state index is 12.1. The molecule has 28 heavy (non-hydrogen) atoms. The molecule has 0 aliphatic heterocycles. The summed E-state index contributed by atoms with van der Waals surface area (Å²) in [5.74, 6) is -0.649. The van der Waals surface area contributed by atoms with E-state index in [1.165, 1.54) is 12.1 Å². The van der Waals surface area contributed by atoms with Crippen molar-refractivity contribution in [1.29, 1.82) is 0 Å². The highest BCUT2D eigenvalue weighted by Gasteiger charge is 2.30. The van der Waals surface area contributed by atoms with E-state index in [4.69, 9.17) is 0 Å². The molecule has 0 fully saturated rings. The molecular formula is C16H17F3N4O3S2. The van der Waals surface area contributed by atoms with Crippen LogP contribution in [0.25, 0.3) is 0 Å². The van der Waals surface area contributed by atoms with Crippen molar-refractivity contribution in [2.45, 2.75) is 31.0 Å². The Kier molecular flexibility index (Phi) is 7.63. The molecule has 0 saturated heterocycles. The Labute approximate surface area is 167 Å². The molecule has 1 heterocycles. The van der Waals surface area contributed by atoms with Crippen molar-refractivity contribution < 1.29 is 27.5 Å². The maximum atomic E-state index is 12.1. The Morgan fingerprint density at radius 3 is 2.43 bits per heavy atom. The Bertz CT molecular complexity index is 810. The van der Waals surface area contributed by atoms with Gasteiger partial charge in [0.25, 0.3) is 0 Å². The second kappa shape index (κ2) is 9.73. The number of hydrogen-bond acceptors (Lipinski definition) is 7. The van der Waals surface area contributed by atoms with Gasteiger partial charge in [-0.1, -0.05) is 36.9 Å². The lowest BCUT2D eigenvalue weighted by atomic mass is 10.1. The minimum absolute atomic E-state index is 0.0232. The van der Waals surface area contributed by atoms with Gasteiger partial charge in [-0.3, -0.25) is 9.59 Å². The van der Waals surface area contributed by atoms with E-state index in [0.29, 0.717) is 21.6 Å². The van der Waals surface area contributed by atoms with Gasteiger partial charge in [-0.25, -0.2) is 0 Å². The number of ether oxygens (including phenoxy) is 1. The first-order chi connectivity index (χ1) is 13.1. The number of benzene rings is 1. The zero-order valence-corrected chi connectivity index (χ0v) is 16.5. The number of alkyl halides is 3. The third-order valence-electron chi connectivity index (χ3n) is 2.94. The van der Waals surface area contributed by atoms with Gasteiger partial charge >= 0.3 is 6.36 Å². The van der Waals surface area contributed by atoms with E-state index in [0.717, 1.165) is 35.2 Å². The Morgan fingerprint density at radius 2 is 1.82 bits per heavy atom. The van der Waals surface area contributed by atoms with Crippen LogP contribution in [0, 0.1) is 5.92 Å². The van der Waals surface area contributed by atoms with Crippen LogP contribution in [0.4, 0.5) is 24.0 Å². The zero-order chi connectivity index (χ0) is 20.7. The summed E-state index contributed by atoms with van der Waals surface area (Å²) in [5, 5.41) is 13.3. The predicted octanol–water partition coefficient (Wildman–Crippen LogP) is 4.15. The number of aromatic nitrogens is 2. The normalized spacial score (nSPS) is 11.4. The maximum Gasteiger partial charge on any atom is 0.573 e. The molecule has 1 aromatic heterocycles. The minimum atomic E-state index is -4.77. The topological polar surface area (TPSA) is 93.2 Å². The van der Waals surface area contributed by atoms with Crippen molar-refractivity contribution >= 4 is 45.7 Å². The number of nitrogens with zero attached hydrogens (tertiary/aromatic N) is 2. The average Bonchev–Trinajstić information content (AvgIpc) is 3.00. The summed E-state index contributed by atoms with van der Waals surface area (Å²) in [4.78, 5) is 23.6. The molecule has 152 valence electrons. The van der Waals surface area contributed by atoms with E-state index < -0.39 is 6.36 Å². The van der Waals surface area contributed by atoms with Gasteiger partial charge in [-0.05, 0) is 30.2 Å². The number of carbonyl (C=O) groups excluding carboxylic acids is 2. The monoisotopic (exact) mass is 434 g/mol. The number of halogens is 3. The summed E-state index contributed by atoms with van der Waals surface area (Å²) in [6.45, 7) is 3.85. The van der Waals surface area contributed by atoms with E-state index in [9.17, 15) is 22.8 Å². The molecule has 0 bridgehead atoms. The number of nitrogens with one attached hydrogen (secondary N) is 2. The molecule has 0 saturated carbocycles. The molecule has 0 aliphatic rings. The van der Waals surface area contributed by atoms with Crippen LogP contribution >= 0.6 is 23.1 Å². The van der Waals surface area contributed by atoms with Crippen LogP contribution in [0.3, 0.4) is 0 Å². The number of carbonyl (C=O) groups is 2. The Morgan fingerprint density at radius 1 is 1.14 bits per heavy atom. The third-order valence-corrected chi connectivity index (χ3v) is 4.92. The Hall–Kier alpha value is -2.34. The van der Waals surface area contributed by atoms with Crippen molar-refractivity contribution in [3.05, 3.63) is 24.3 Å². The van der Waals surface area contributed by atoms with Gasteiger partial charge in [0.05, 0.1) is 5.75 Å². The van der Waals surface area contributed by atoms with Gasteiger partial charge < -0.3 is 15.4 Å². The van der Waals surface area contributed by atoms with Gasteiger partial charge in [-0.15, -0.1) is 23.4 Å². The summed E-state index contributed by atoms with van der Waals surface area (Å²) in [6.07, 6.45) is -4.40. The van der Waals surface area contributed by atoms with Crippen LogP contribution in [-0.4, -0.2) is 34.1 Å². The van der Waals surface area contributed by atoms with Crippen molar-refractivity contribution in [3.63, 3.8) is 0 Å². The fraction of sp³-hybridized carbons (Fsp3) is 0.375. The second-order valence-corrected chi connectivity index (χ2v) is 8.13. The summed E-state index contributed by atoms with van der Waals surface area (Å²) in [6, 6.07) is 4.81. The van der Waals surface area contributed by atoms with E-state index in [1.807, 2.05) is 13.8 Å². The summed E-state index contributed by atoms with van der Waals surface area (Å²) >= 11 is 2.28. The highest BCUT2D eigenvalue weighted by atomic mass is 32.2. The second-order valence-electron chi connectivity index (χ2n) is 5.93. The highest BCUT2D eigenvalue weighted by Crippen LogP contribution is 2.26. The minimum Gasteiger partial charge on any atom is -0.406 e. The molecule has 0 spiro atoms. The van der Waals surface area contributed by atoms with Gasteiger partial charge in [0.2, 0.25) is 16.9 Å². The first-order valence-corrected chi connectivity index (χ1v) is 9.83. The third kappa shape index (κ3) is 8.13. The molecule has 7 nitrogen and oxygen atoms in total. The quantitative estimate of drug-likeness (QED) is 0.479. The van der Waals surface area contributed by atoms with Gasteiger partial charge in [-0.2, -0.15) is 0 Å². The van der Waals surface area contributed by atoms with Gasteiger partial charge in [0.15, 0.2) is 4.34 Å². The first kappa shape index (κ1) is 22.0. The average molecular weight is 434 g/mol. The molecule has 1 aromatic carbocycles. The van der Waals surface area contributed by atoms with Crippen molar-refractivity contribution in [3.8, 4) is 5.75 Å². The lowest BCUT2D eigenvalue weighted by Gasteiger charge is -2.09. The molecule has 2 amide bonds. The van der Waals surface area contributed by atoms with E-state index in [-0.39, 0.29) is 29.2 Å².